The predicted molar refractivity (Wildman–Crippen MR) is 37.9 cm³/mol. The number of hydrogen-bond donors (Lipinski definition) is 1. The zero-order valence-corrected chi connectivity index (χ0v) is 6.38. The largest absolute Gasteiger partial charge is 0.408 e. The first-order chi connectivity index (χ1) is 4.74. The second kappa shape index (κ2) is 2.68. The molecular formula is C6H11N3O. The van der Waals surface area contributed by atoms with Crippen LogP contribution >= 0.6 is 0 Å². The number of anilines is 1. The second-order valence-electron chi connectivity index (χ2n) is 2.35. The minimum Gasteiger partial charge on any atom is -0.408 e. The van der Waals surface area contributed by atoms with Gasteiger partial charge in [-0.3, -0.25) is 0 Å². The van der Waals surface area contributed by atoms with Crippen LogP contribution in [0.5, 0.6) is 0 Å². The average molecular weight is 141 g/mol. The van der Waals surface area contributed by atoms with E-state index in [1.165, 1.54) is 0 Å². The van der Waals surface area contributed by atoms with Gasteiger partial charge >= 0.3 is 6.01 Å². The molecule has 4 nitrogen and oxygen atoms in total. The van der Waals surface area contributed by atoms with E-state index in [0.29, 0.717) is 17.8 Å². The molecule has 0 unspecified atom stereocenters. The molecule has 0 aromatic carbocycles. The van der Waals surface area contributed by atoms with Crippen LogP contribution in [0.2, 0.25) is 0 Å². The molecule has 0 aliphatic rings. The summed E-state index contributed by atoms with van der Waals surface area (Å²) < 4.78 is 5.16. The van der Waals surface area contributed by atoms with Crippen molar-refractivity contribution in [2.45, 2.75) is 19.8 Å². The predicted octanol–water partition coefficient (Wildman–Crippen LogP) is 1.23. The summed E-state index contributed by atoms with van der Waals surface area (Å²) in [6.07, 6.45) is 0. The van der Waals surface area contributed by atoms with Crippen molar-refractivity contribution in [2.24, 2.45) is 0 Å². The number of rotatable bonds is 2. The zero-order chi connectivity index (χ0) is 7.56. The molecule has 0 amide bonds. The van der Waals surface area contributed by atoms with Gasteiger partial charge in [0, 0.05) is 13.0 Å². The highest BCUT2D eigenvalue weighted by Crippen LogP contribution is 2.13. The third kappa shape index (κ3) is 1.26. The van der Waals surface area contributed by atoms with Gasteiger partial charge in [0.15, 0.2) is 0 Å². The molecule has 0 saturated heterocycles. The quantitative estimate of drug-likeness (QED) is 0.673. The molecule has 0 aliphatic heterocycles. The molecule has 1 rings (SSSR count). The molecule has 1 N–H and O–H groups in total. The molecule has 1 aromatic rings. The van der Waals surface area contributed by atoms with Crippen LogP contribution in [0.3, 0.4) is 0 Å². The van der Waals surface area contributed by atoms with Crippen LogP contribution in [0, 0.1) is 0 Å². The lowest BCUT2D eigenvalue weighted by Gasteiger charge is -1.93. The van der Waals surface area contributed by atoms with E-state index in [4.69, 9.17) is 4.42 Å². The first-order valence-corrected chi connectivity index (χ1v) is 3.25. The van der Waals surface area contributed by atoms with E-state index in [9.17, 15) is 0 Å². The van der Waals surface area contributed by atoms with Gasteiger partial charge < -0.3 is 9.73 Å². The van der Waals surface area contributed by atoms with Gasteiger partial charge in [-0.25, -0.2) is 0 Å². The number of nitrogens with zero attached hydrogens (tertiary/aromatic N) is 2. The van der Waals surface area contributed by atoms with E-state index in [-0.39, 0.29) is 0 Å². The van der Waals surface area contributed by atoms with Crippen LogP contribution in [0.4, 0.5) is 6.01 Å². The van der Waals surface area contributed by atoms with Gasteiger partial charge in [-0.15, -0.1) is 5.10 Å². The van der Waals surface area contributed by atoms with Gasteiger partial charge in [0.1, 0.15) is 0 Å². The van der Waals surface area contributed by atoms with E-state index in [1.54, 1.807) is 7.05 Å². The fourth-order valence-electron chi connectivity index (χ4n) is 0.569. The topological polar surface area (TPSA) is 51.0 Å². The Kier molecular flexibility index (Phi) is 1.89. The maximum atomic E-state index is 5.16. The molecular weight excluding hydrogens is 130 g/mol. The van der Waals surface area contributed by atoms with Gasteiger partial charge in [0.05, 0.1) is 0 Å². The van der Waals surface area contributed by atoms with Crippen molar-refractivity contribution in [2.75, 3.05) is 12.4 Å². The first kappa shape index (κ1) is 7.05. The van der Waals surface area contributed by atoms with E-state index in [0.717, 1.165) is 0 Å². The summed E-state index contributed by atoms with van der Waals surface area (Å²) in [6.45, 7) is 4.01. The lowest BCUT2D eigenvalue weighted by molar-refractivity contribution is 0.482. The molecule has 10 heavy (non-hydrogen) atoms. The van der Waals surface area contributed by atoms with Gasteiger partial charge in [-0.2, -0.15) is 0 Å². The fraction of sp³-hybridized carbons (Fsp3) is 0.667. The van der Waals surface area contributed by atoms with Crippen molar-refractivity contribution in [3.8, 4) is 0 Å². The number of aromatic nitrogens is 2. The third-order valence-electron chi connectivity index (χ3n) is 1.15. The fourth-order valence-corrected chi connectivity index (χ4v) is 0.569. The molecule has 4 heteroatoms. The van der Waals surface area contributed by atoms with Crippen molar-refractivity contribution >= 4 is 6.01 Å². The molecule has 0 atom stereocenters. The summed E-state index contributed by atoms with van der Waals surface area (Å²) in [6, 6.07) is 0.476. The summed E-state index contributed by atoms with van der Waals surface area (Å²) in [5, 5.41) is 10.3. The van der Waals surface area contributed by atoms with Crippen molar-refractivity contribution in [1.82, 2.24) is 10.2 Å². The molecule has 0 bridgehead atoms. The van der Waals surface area contributed by atoms with Crippen molar-refractivity contribution in [1.29, 1.82) is 0 Å². The molecule has 1 heterocycles. The molecule has 0 aliphatic carbocycles. The third-order valence-corrected chi connectivity index (χ3v) is 1.15. The average Bonchev–Trinajstić information content (AvgIpc) is 2.34. The van der Waals surface area contributed by atoms with Gasteiger partial charge in [0.2, 0.25) is 5.89 Å². The molecule has 1 aromatic heterocycles. The van der Waals surface area contributed by atoms with Gasteiger partial charge in [0.25, 0.3) is 0 Å². The Bertz CT molecular complexity index is 207. The molecule has 0 fully saturated rings. The van der Waals surface area contributed by atoms with Crippen LogP contribution in [0.1, 0.15) is 25.7 Å². The molecule has 0 saturated carbocycles. The van der Waals surface area contributed by atoms with Crippen molar-refractivity contribution in [3.05, 3.63) is 5.89 Å². The molecule has 56 valence electrons. The Hall–Kier alpha value is -1.06. The smallest absolute Gasteiger partial charge is 0.315 e. The number of hydrogen-bond acceptors (Lipinski definition) is 4. The Morgan fingerprint density at radius 1 is 1.40 bits per heavy atom. The number of nitrogens with one attached hydrogen (secondary N) is 1. The van der Waals surface area contributed by atoms with Crippen LogP contribution in [-0.2, 0) is 0 Å². The summed E-state index contributed by atoms with van der Waals surface area (Å²) in [5.41, 5.74) is 0. The normalized spacial score (nSPS) is 10.4. The second-order valence-corrected chi connectivity index (χ2v) is 2.35. The van der Waals surface area contributed by atoms with Crippen molar-refractivity contribution in [3.63, 3.8) is 0 Å². The Balaban J connectivity index is 2.78. The molecule has 0 spiro atoms. The Labute approximate surface area is 59.6 Å². The lowest BCUT2D eigenvalue weighted by Crippen LogP contribution is -1.85. The Morgan fingerprint density at radius 2 is 2.10 bits per heavy atom. The summed E-state index contributed by atoms with van der Waals surface area (Å²) in [7, 11) is 1.75. The maximum Gasteiger partial charge on any atom is 0.315 e. The monoisotopic (exact) mass is 141 g/mol. The first-order valence-electron chi connectivity index (χ1n) is 3.25. The van der Waals surface area contributed by atoms with Crippen LogP contribution in [0.15, 0.2) is 4.42 Å². The standard InChI is InChI=1S/C6H11N3O/c1-4(2)5-8-9-6(7-3)10-5/h4H,1-3H3,(H,7,9). The Morgan fingerprint density at radius 3 is 2.40 bits per heavy atom. The van der Waals surface area contributed by atoms with E-state index in [1.807, 2.05) is 13.8 Å². The zero-order valence-electron chi connectivity index (χ0n) is 6.38. The highest BCUT2D eigenvalue weighted by Gasteiger charge is 2.06. The minimum atomic E-state index is 0.301. The highest BCUT2D eigenvalue weighted by atomic mass is 16.4. The van der Waals surface area contributed by atoms with Crippen molar-refractivity contribution < 1.29 is 4.42 Å². The summed E-state index contributed by atoms with van der Waals surface area (Å²) >= 11 is 0. The summed E-state index contributed by atoms with van der Waals surface area (Å²) in [5.74, 6) is 0.971. The van der Waals surface area contributed by atoms with Crippen LogP contribution in [-0.4, -0.2) is 17.2 Å². The van der Waals surface area contributed by atoms with E-state index in [2.05, 4.69) is 15.5 Å². The van der Waals surface area contributed by atoms with Crippen LogP contribution < -0.4 is 5.32 Å². The molecule has 0 radical (unpaired) electrons. The summed E-state index contributed by atoms with van der Waals surface area (Å²) in [4.78, 5) is 0. The van der Waals surface area contributed by atoms with Gasteiger partial charge in [-0.05, 0) is 0 Å². The highest BCUT2D eigenvalue weighted by molar-refractivity contribution is 5.14. The van der Waals surface area contributed by atoms with E-state index < -0.39 is 0 Å². The lowest BCUT2D eigenvalue weighted by atomic mass is 10.2. The van der Waals surface area contributed by atoms with Crippen LogP contribution in [0.25, 0.3) is 0 Å². The van der Waals surface area contributed by atoms with E-state index >= 15 is 0 Å². The minimum absolute atomic E-state index is 0.301. The van der Waals surface area contributed by atoms with Gasteiger partial charge in [-0.1, -0.05) is 18.9 Å². The SMILES string of the molecule is CNc1nnc(C(C)C)o1. The maximum absolute atomic E-state index is 5.16.